The number of likely N-dealkylation sites (tertiary alicyclic amines) is 1. The maximum atomic E-state index is 12.4. The Hall–Kier alpha value is -1.36. The smallest absolute Gasteiger partial charge is 0.224 e. The van der Waals surface area contributed by atoms with E-state index in [2.05, 4.69) is 15.4 Å². The summed E-state index contributed by atoms with van der Waals surface area (Å²) in [5, 5.41) is 7.16. The molecule has 1 aliphatic carbocycles. The molecule has 1 aromatic heterocycles. The summed E-state index contributed by atoms with van der Waals surface area (Å²) in [5.41, 5.74) is 1.76. The van der Waals surface area contributed by atoms with Crippen molar-refractivity contribution in [2.75, 3.05) is 19.6 Å². The lowest BCUT2D eigenvalue weighted by Crippen LogP contribution is -2.49. The van der Waals surface area contributed by atoms with E-state index >= 15 is 0 Å². The highest BCUT2D eigenvalue weighted by molar-refractivity contribution is 5.79. The average Bonchev–Trinajstić information content (AvgIpc) is 2.88. The predicted octanol–water partition coefficient (Wildman–Crippen LogP) is 2.99. The third-order valence-electron chi connectivity index (χ3n) is 5.63. The first-order valence-corrected chi connectivity index (χ1v) is 9.55. The Morgan fingerprint density at radius 1 is 1.21 bits per heavy atom. The van der Waals surface area contributed by atoms with Crippen LogP contribution in [-0.2, 0) is 11.2 Å². The maximum Gasteiger partial charge on any atom is 0.224 e. The molecule has 0 unspecified atom stereocenters. The molecule has 2 aliphatic rings. The van der Waals surface area contributed by atoms with E-state index in [0.29, 0.717) is 6.42 Å². The zero-order valence-corrected chi connectivity index (χ0v) is 15.1. The van der Waals surface area contributed by atoms with Gasteiger partial charge in [-0.2, -0.15) is 0 Å². The van der Waals surface area contributed by atoms with Crippen LogP contribution in [-0.4, -0.2) is 41.6 Å². The lowest BCUT2D eigenvalue weighted by atomic mass is 9.88. The highest BCUT2D eigenvalue weighted by Gasteiger charge is 2.25. The molecular formula is C19H31N3O2. The SMILES string of the molecule is Cc1noc(C)c1CC(=O)N[C@H]1CCCN(CC2CCCCC2)C1. The highest BCUT2D eigenvalue weighted by Crippen LogP contribution is 2.25. The normalized spacial score (nSPS) is 23.3. The third kappa shape index (κ3) is 4.59. The monoisotopic (exact) mass is 333 g/mol. The van der Waals surface area contributed by atoms with Crippen LogP contribution < -0.4 is 5.32 Å². The number of hydrogen-bond acceptors (Lipinski definition) is 4. The fourth-order valence-corrected chi connectivity index (χ4v) is 4.27. The van der Waals surface area contributed by atoms with Crippen LogP contribution in [0.3, 0.4) is 0 Å². The second-order valence-electron chi connectivity index (χ2n) is 7.65. The summed E-state index contributed by atoms with van der Waals surface area (Å²) in [6, 6.07) is 0.287. The van der Waals surface area contributed by atoms with E-state index in [9.17, 15) is 4.79 Å². The molecule has 24 heavy (non-hydrogen) atoms. The van der Waals surface area contributed by atoms with Gasteiger partial charge in [0.1, 0.15) is 5.76 Å². The Kier molecular flexibility index (Phi) is 5.93. The minimum Gasteiger partial charge on any atom is -0.361 e. The summed E-state index contributed by atoms with van der Waals surface area (Å²) in [6.07, 6.45) is 9.64. The van der Waals surface area contributed by atoms with Gasteiger partial charge in [-0.3, -0.25) is 4.79 Å². The number of aryl methyl sites for hydroxylation is 2. The molecule has 1 N–H and O–H groups in total. The summed E-state index contributed by atoms with van der Waals surface area (Å²) < 4.78 is 5.15. The number of rotatable bonds is 5. The highest BCUT2D eigenvalue weighted by atomic mass is 16.5. The lowest BCUT2D eigenvalue weighted by molar-refractivity contribution is -0.121. The van der Waals surface area contributed by atoms with Crippen LogP contribution >= 0.6 is 0 Å². The van der Waals surface area contributed by atoms with Crippen molar-refractivity contribution in [3.8, 4) is 0 Å². The minimum atomic E-state index is 0.0916. The van der Waals surface area contributed by atoms with Crippen molar-refractivity contribution < 1.29 is 9.32 Å². The molecule has 1 aromatic rings. The van der Waals surface area contributed by atoms with E-state index in [1.54, 1.807) is 0 Å². The van der Waals surface area contributed by atoms with Gasteiger partial charge in [0, 0.05) is 24.7 Å². The van der Waals surface area contributed by atoms with Gasteiger partial charge in [-0.25, -0.2) is 0 Å². The summed E-state index contributed by atoms with van der Waals surface area (Å²) in [4.78, 5) is 15.0. The lowest BCUT2D eigenvalue weighted by Gasteiger charge is -2.36. The number of piperidine rings is 1. The molecule has 5 nitrogen and oxygen atoms in total. The van der Waals surface area contributed by atoms with Crippen LogP contribution in [0.15, 0.2) is 4.52 Å². The van der Waals surface area contributed by atoms with Crippen LogP contribution in [0.1, 0.15) is 62.0 Å². The van der Waals surface area contributed by atoms with Crippen molar-refractivity contribution in [3.05, 3.63) is 17.0 Å². The van der Waals surface area contributed by atoms with E-state index in [1.807, 2.05) is 13.8 Å². The Morgan fingerprint density at radius 3 is 2.71 bits per heavy atom. The Labute approximate surface area is 145 Å². The first-order chi connectivity index (χ1) is 11.6. The van der Waals surface area contributed by atoms with Gasteiger partial charge in [0.15, 0.2) is 0 Å². The van der Waals surface area contributed by atoms with Crippen LogP contribution in [0.4, 0.5) is 0 Å². The molecule has 2 heterocycles. The third-order valence-corrected chi connectivity index (χ3v) is 5.63. The fraction of sp³-hybridized carbons (Fsp3) is 0.789. The van der Waals surface area contributed by atoms with Crippen LogP contribution in [0.25, 0.3) is 0 Å². The van der Waals surface area contributed by atoms with Gasteiger partial charge in [-0.05, 0) is 52.0 Å². The molecule has 3 rings (SSSR count). The number of aromatic nitrogens is 1. The fourth-order valence-electron chi connectivity index (χ4n) is 4.27. The standard InChI is InChI=1S/C19H31N3O2/c1-14-18(15(2)24-21-14)11-19(23)20-17-9-6-10-22(13-17)12-16-7-4-3-5-8-16/h16-17H,3-13H2,1-2H3,(H,20,23)/t17-/m0/s1. The number of amides is 1. The second-order valence-corrected chi connectivity index (χ2v) is 7.65. The molecule has 134 valence electrons. The predicted molar refractivity (Wildman–Crippen MR) is 93.9 cm³/mol. The summed E-state index contributed by atoms with van der Waals surface area (Å²) in [7, 11) is 0. The minimum absolute atomic E-state index is 0.0916. The molecule has 0 bridgehead atoms. The van der Waals surface area contributed by atoms with Crippen LogP contribution in [0.2, 0.25) is 0 Å². The summed E-state index contributed by atoms with van der Waals surface area (Å²) in [6.45, 7) is 7.17. The van der Waals surface area contributed by atoms with Gasteiger partial charge < -0.3 is 14.7 Å². The first-order valence-electron chi connectivity index (χ1n) is 9.55. The molecule has 0 radical (unpaired) electrons. The molecule has 0 aromatic carbocycles. The van der Waals surface area contributed by atoms with Gasteiger partial charge in [-0.1, -0.05) is 24.4 Å². The van der Waals surface area contributed by atoms with E-state index in [1.165, 1.54) is 51.6 Å². The Balaban J connectivity index is 1.47. The zero-order chi connectivity index (χ0) is 16.9. The summed E-state index contributed by atoms with van der Waals surface area (Å²) >= 11 is 0. The molecule has 2 fully saturated rings. The molecule has 1 atom stereocenters. The Bertz CT molecular complexity index is 529. The van der Waals surface area contributed by atoms with Gasteiger partial charge in [-0.15, -0.1) is 0 Å². The van der Waals surface area contributed by atoms with Crippen molar-refractivity contribution in [3.63, 3.8) is 0 Å². The number of nitrogens with one attached hydrogen (secondary N) is 1. The Morgan fingerprint density at radius 2 is 2.00 bits per heavy atom. The van der Waals surface area contributed by atoms with Gasteiger partial charge in [0.2, 0.25) is 5.91 Å². The van der Waals surface area contributed by atoms with Crippen molar-refractivity contribution in [2.24, 2.45) is 5.92 Å². The molecule has 1 amide bonds. The molecule has 1 aliphatic heterocycles. The molecule has 5 heteroatoms. The number of carbonyl (C=O) groups excluding carboxylic acids is 1. The van der Waals surface area contributed by atoms with E-state index in [4.69, 9.17) is 4.52 Å². The first kappa shape index (κ1) is 17.5. The van der Waals surface area contributed by atoms with Gasteiger partial charge in [0.05, 0.1) is 12.1 Å². The van der Waals surface area contributed by atoms with Crippen LogP contribution in [0.5, 0.6) is 0 Å². The van der Waals surface area contributed by atoms with Crippen molar-refractivity contribution in [2.45, 2.75) is 71.3 Å². The second kappa shape index (κ2) is 8.15. The van der Waals surface area contributed by atoms with Crippen molar-refractivity contribution in [1.29, 1.82) is 0 Å². The van der Waals surface area contributed by atoms with Crippen molar-refractivity contribution >= 4 is 5.91 Å². The topological polar surface area (TPSA) is 58.4 Å². The number of carbonyl (C=O) groups is 1. The van der Waals surface area contributed by atoms with Crippen LogP contribution in [0, 0.1) is 19.8 Å². The quantitative estimate of drug-likeness (QED) is 0.900. The number of hydrogen-bond donors (Lipinski definition) is 1. The maximum absolute atomic E-state index is 12.4. The largest absolute Gasteiger partial charge is 0.361 e. The summed E-state index contributed by atoms with van der Waals surface area (Å²) in [5.74, 6) is 1.72. The van der Waals surface area contributed by atoms with E-state index in [-0.39, 0.29) is 11.9 Å². The molecular weight excluding hydrogens is 302 g/mol. The molecule has 1 saturated heterocycles. The van der Waals surface area contributed by atoms with E-state index in [0.717, 1.165) is 35.9 Å². The van der Waals surface area contributed by atoms with Gasteiger partial charge >= 0.3 is 0 Å². The number of nitrogens with zero attached hydrogens (tertiary/aromatic N) is 2. The van der Waals surface area contributed by atoms with Gasteiger partial charge in [0.25, 0.3) is 0 Å². The molecule has 1 saturated carbocycles. The molecule has 0 spiro atoms. The van der Waals surface area contributed by atoms with E-state index < -0.39 is 0 Å². The van der Waals surface area contributed by atoms with Crippen molar-refractivity contribution in [1.82, 2.24) is 15.4 Å². The average molecular weight is 333 g/mol. The zero-order valence-electron chi connectivity index (χ0n) is 15.1.